The van der Waals surface area contributed by atoms with Crippen molar-refractivity contribution in [2.75, 3.05) is 5.32 Å². The molecule has 0 unspecified atom stereocenters. The van der Waals surface area contributed by atoms with Gasteiger partial charge in [0.1, 0.15) is 0 Å². The average molecular weight is 284 g/mol. The van der Waals surface area contributed by atoms with Crippen molar-refractivity contribution in [3.8, 4) is 0 Å². The van der Waals surface area contributed by atoms with Crippen molar-refractivity contribution in [3.63, 3.8) is 0 Å². The Morgan fingerprint density at radius 1 is 1.44 bits per heavy atom. The minimum Gasteiger partial charge on any atom is -0.382 e. The van der Waals surface area contributed by atoms with E-state index in [1.165, 1.54) is 0 Å². The van der Waals surface area contributed by atoms with Crippen molar-refractivity contribution in [2.45, 2.75) is 24.9 Å². The van der Waals surface area contributed by atoms with Crippen LogP contribution >= 0.6 is 15.9 Å². The van der Waals surface area contributed by atoms with Gasteiger partial charge in [-0.15, -0.1) is 0 Å². The molecule has 86 valence electrons. The molecule has 5 N–H and O–H groups in total. The van der Waals surface area contributed by atoms with Crippen LogP contribution in [0.15, 0.2) is 22.7 Å². The third-order valence-corrected chi connectivity index (χ3v) is 3.46. The minimum atomic E-state index is -0.432. The number of primary amides is 1. The van der Waals surface area contributed by atoms with E-state index < -0.39 is 5.91 Å². The molecule has 1 saturated carbocycles. The molecule has 2 rings (SSSR count). The molecule has 5 heteroatoms. The molecule has 1 fully saturated rings. The predicted molar refractivity (Wildman–Crippen MR) is 67.3 cm³/mol. The Hall–Kier alpha value is -1.07. The number of amides is 1. The van der Waals surface area contributed by atoms with E-state index in [9.17, 15) is 4.79 Å². The fraction of sp³-hybridized carbons (Fsp3) is 0.364. The summed E-state index contributed by atoms with van der Waals surface area (Å²) in [7, 11) is 0. The van der Waals surface area contributed by atoms with E-state index in [0.29, 0.717) is 16.1 Å². The molecular formula is C11H14BrN3O. The lowest BCUT2D eigenvalue weighted by atomic mass is 9.87. The van der Waals surface area contributed by atoms with Crippen LogP contribution in [0.3, 0.4) is 0 Å². The van der Waals surface area contributed by atoms with Crippen LogP contribution in [0.4, 0.5) is 5.69 Å². The van der Waals surface area contributed by atoms with Crippen LogP contribution in [0.1, 0.15) is 23.2 Å². The van der Waals surface area contributed by atoms with Crippen molar-refractivity contribution in [1.29, 1.82) is 0 Å². The zero-order valence-corrected chi connectivity index (χ0v) is 10.3. The van der Waals surface area contributed by atoms with Gasteiger partial charge in [0, 0.05) is 22.2 Å². The van der Waals surface area contributed by atoms with Gasteiger partial charge in [-0.05, 0) is 40.9 Å². The standard InChI is InChI=1S/C11H14BrN3O/c12-8-2-1-3-9(10(8)11(14)16)15-7-4-6(13)5-7/h1-3,6-7,15H,4-5,13H2,(H2,14,16). The van der Waals surface area contributed by atoms with E-state index >= 15 is 0 Å². The highest BCUT2D eigenvalue weighted by Crippen LogP contribution is 2.28. The molecule has 1 aromatic rings. The van der Waals surface area contributed by atoms with Crippen LogP contribution in [-0.2, 0) is 0 Å². The van der Waals surface area contributed by atoms with E-state index in [4.69, 9.17) is 11.5 Å². The highest BCUT2D eigenvalue weighted by Gasteiger charge is 2.26. The lowest BCUT2D eigenvalue weighted by Gasteiger charge is -2.34. The maximum Gasteiger partial charge on any atom is 0.251 e. The second-order valence-corrected chi connectivity index (χ2v) is 4.95. The lowest BCUT2D eigenvalue weighted by Crippen LogP contribution is -2.44. The first-order chi connectivity index (χ1) is 7.58. The molecule has 1 aliphatic rings. The Balaban J connectivity index is 2.19. The quantitative estimate of drug-likeness (QED) is 0.785. The third-order valence-electron chi connectivity index (χ3n) is 2.79. The maximum absolute atomic E-state index is 11.3. The summed E-state index contributed by atoms with van der Waals surface area (Å²) in [6.07, 6.45) is 1.87. The fourth-order valence-corrected chi connectivity index (χ4v) is 2.46. The Labute approximate surface area is 103 Å². The molecule has 0 saturated heterocycles. The molecule has 0 heterocycles. The highest BCUT2D eigenvalue weighted by molar-refractivity contribution is 9.10. The summed E-state index contributed by atoms with van der Waals surface area (Å²) in [4.78, 5) is 11.3. The van der Waals surface area contributed by atoms with Crippen molar-refractivity contribution >= 4 is 27.5 Å². The van der Waals surface area contributed by atoms with E-state index in [0.717, 1.165) is 18.5 Å². The Morgan fingerprint density at radius 3 is 2.69 bits per heavy atom. The van der Waals surface area contributed by atoms with Gasteiger partial charge in [-0.1, -0.05) is 6.07 Å². The van der Waals surface area contributed by atoms with Crippen molar-refractivity contribution in [3.05, 3.63) is 28.2 Å². The van der Waals surface area contributed by atoms with Gasteiger partial charge in [0.15, 0.2) is 0 Å². The van der Waals surface area contributed by atoms with Crippen LogP contribution in [0.25, 0.3) is 0 Å². The van der Waals surface area contributed by atoms with Crippen molar-refractivity contribution < 1.29 is 4.79 Å². The summed E-state index contributed by atoms with van der Waals surface area (Å²) in [6.45, 7) is 0. The van der Waals surface area contributed by atoms with Gasteiger partial charge in [0.2, 0.25) is 0 Å². The molecule has 0 aliphatic heterocycles. The zero-order valence-electron chi connectivity index (χ0n) is 8.74. The summed E-state index contributed by atoms with van der Waals surface area (Å²) in [6, 6.07) is 6.16. The molecule has 1 amide bonds. The molecule has 4 nitrogen and oxygen atoms in total. The molecule has 16 heavy (non-hydrogen) atoms. The molecule has 1 aromatic carbocycles. The minimum absolute atomic E-state index is 0.279. The lowest BCUT2D eigenvalue weighted by molar-refractivity contribution is 0.100. The molecular weight excluding hydrogens is 270 g/mol. The van der Waals surface area contributed by atoms with Gasteiger partial charge in [0.25, 0.3) is 5.91 Å². The van der Waals surface area contributed by atoms with Crippen LogP contribution in [0.2, 0.25) is 0 Å². The summed E-state index contributed by atoms with van der Waals surface area (Å²) >= 11 is 3.32. The monoisotopic (exact) mass is 283 g/mol. The summed E-state index contributed by atoms with van der Waals surface area (Å²) in [5.41, 5.74) is 12.3. The predicted octanol–water partition coefficient (Wildman–Crippen LogP) is 1.45. The summed E-state index contributed by atoms with van der Waals surface area (Å²) < 4.78 is 0.716. The fourth-order valence-electron chi connectivity index (χ4n) is 1.89. The second kappa shape index (κ2) is 4.43. The number of halogens is 1. The van der Waals surface area contributed by atoms with Gasteiger partial charge < -0.3 is 16.8 Å². The molecule has 1 aliphatic carbocycles. The van der Waals surface area contributed by atoms with E-state index in [1.807, 2.05) is 12.1 Å². The number of anilines is 1. The number of nitrogens with one attached hydrogen (secondary N) is 1. The highest BCUT2D eigenvalue weighted by atomic mass is 79.9. The van der Waals surface area contributed by atoms with Gasteiger partial charge in [-0.25, -0.2) is 0 Å². The number of nitrogens with two attached hydrogens (primary N) is 2. The van der Waals surface area contributed by atoms with Gasteiger partial charge in [-0.2, -0.15) is 0 Å². The molecule has 0 spiro atoms. The van der Waals surface area contributed by atoms with E-state index in [-0.39, 0.29) is 6.04 Å². The van der Waals surface area contributed by atoms with Crippen LogP contribution < -0.4 is 16.8 Å². The number of hydrogen-bond acceptors (Lipinski definition) is 3. The van der Waals surface area contributed by atoms with Crippen LogP contribution in [0, 0.1) is 0 Å². The Morgan fingerprint density at radius 2 is 2.12 bits per heavy atom. The topological polar surface area (TPSA) is 81.1 Å². The maximum atomic E-state index is 11.3. The first kappa shape index (κ1) is 11.4. The largest absolute Gasteiger partial charge is 0.382 e. The van der Waals surface area contributed by atoms with Crippen LogP contribution in [0.5, 0.6) is 0 Å². The number of carbonyl (C=O) groups is 1. The molecule has 0 aromatic heterocycles. The number of hydrogen-bond donors (Lipinski definition) is 3. The summed E-state index contributed by atoms with van der Waals surface area (Å²) in [5, 5.41) is 3.29. The third kappa shape index (κ3) is 2.20. The first-order valence-corrected chi connectivity index (χ1v) is 5.97. The van der Waals surface area contributed by atoms with Gasteiger partial charge in [-0.3, -0.25) is 4.79 Å². The second-order valence-electron chi connectivity index (χ2n) is 4.10. The molecule has 0 radical (unpaired) electrons. The summed E-state index contributed by atoms with van der Waals surface area (Å²) in [5.74, 6) is -0.432. The zero-order chi connectivity index (χ0) is 11.7. The van der Waals surface area contributed by atoms with Gasteiger partial charge in [0.05, 0.1) is 5.56 Å². The number of benzene rings is 1. The van der Waals surface area contributed by atoms with Gasteiger partial charge >= 0.3 is 0 Å². The Kier molecular flexibility index (Phi) is 3.16. The first-order valence-electron chi connectivity index (χ1n) is 5.18. The van der Waals surface area contributed by atoms with E-state index in [1.54, 1.807) is 6.07 Å². The Bertz CT molecular complexity index is 416. The molecule has 0 atom stereocenters. The van der Waals surface area contributed by atoms with E-state index in [2.05, 4.69) is 21.2 Å². The number of rotatable bonds is 3. The SMILES string of the molecule is NC(=O)c1c(Br)cccc1NC1CC(N)C1. The van der Waals surface area contributed by atoms with Crippen molar-refractivity contribution in [1.82, 2.24) is 0 Å². The van der Waals surface area contributed by atoms with Crippen LogP contribution in [-0.4, -0.2) is 18.0 Å². The number of carbonyl (C=O) groups excluding carboxylic acids is 1. The molecule has 0 bridgehead atoms. The van der Waals surface area contributed by atoms with Crippen molar-refractivity contribution in [2.24, 2.45) is 11.5 Å². The smallest absolute Gasteiger partial charge is 0.251 e. The average Bonchev–Trinajstić information content (AvgIpc) is 2.14. The normalized spacial score (nSPS) is 23.6.